The zero-order chi connectivity index (χ0) is 13.8. The lowest BCUT2D eigenvalue weighted by molar-refractivity contribution is -0.140. The summed E-state index contributed by atoms with van der Waals surface area (Å²) in [6.45, 7) is 0.128. The van der Waals surface area contributed by atoms with E-state index in [0.29, 0.717) is 19.3 Å². The molecule has 1 saturated heterocycles. The molecule has 1 fully saturated rings. The summed E-state index contributed by atoms with van der Waals surface area (Å²) >= 11 is 0. The van der Waals surface area contributed by atoms with E-state index in [1.54, 1.807) is 0 Å². The maximum atomic E-state index is 12.2. The Labute approximate surface area is 112 Å². The number of nitriles is 2. The van der Waals surface area contributed by atoms with E-state index in [-0.39, 0.29) is 36.6 Å². The molecule has 0 aromatic carbocycles. The highest BCUT2D eigenvalue weighted by Crippen LogP contribution is 2.35. The molecule has 5 nitrogen and oxygen atoms in total. The van der Waals surface area contributed by atoms with Crippen molar-refractivity contribution in [3.63, 3.8) is 0 Å². The van der Waals surface area contributed by atoms with Crippen molar-refractivity contribution in [2.24, 2.45) is 17.8 Å². The quantitative estimate of drug-likeness (QED) is 0.562. The number of hydrogen-bond acceptors (Lipinski definition) is 4. The summed E-state index contributed by atoms with van der Waals surface area (Å²) in [4.78, 5) is 25.6. The molecule has 5 heteroatoms. The third-order valence-electron chi connectivity index (χ3n) is 3.79. The van der Waals surface area contributed by atoms with Gasteiger partial charge in [-0.3, -0.25) is 14.5 Å². The molecular formula is C14H15N3O2. The van der Waals surface area contributed by atoms with Crippen molar-refractivity contribution in [3.05, 3.63) is 12.2 Å². The average molecular weight is 257 g/mol. The highest BCUT2D eigenvalue weighted by Gasteiger charge is 2.47. The Morgan fingerprint density at radius 2 is 1.79 bits per heavy atom. The van der Waals surface area contributed by atoms with Crippen molar-refractivity contribution in [2.75, 3.05) is 6.54 Å². The monoisotopic (exact) mass is 257 g/mol. The van der Waals surface area contributed by atoms with Gasteiger partial charge in [0.1, 0.15) is 0 Å². The number of likely N-dealkylation sites (tertiary alicyclic amines) is 1. The van der Waals surface area contributed by atoms with E-state index in [1.165, 1.54) is 4.90 Å². The largest absolute Gasteiger partial charge is 0.281 e. The molecule has 1 heterocycles. The normalized spacial score (nSPS) is 26.7. The number of allylic oxidation sites excluding steroid dienone is 2. The van der Waals surface area contributed by atoms with E-state index in [0.717, 1.165) is 0 Å². The Bertz CT molecular complexity index is 472. The molecule has 3 atom stereocenters. The molecule has 2 amide bonds. The average Bonchev–Trinajstić information content (AvgIpc) is 2.68. The zero-order valence-corrected chi connectivity index (χ0v) is 10.6. The number of nitrogens with zero attached hydrogens (tertiary/aromatic N) is 3. The van der Waals surface area contributed by atoms with Crippen molar-refractivity contribution < 1.29 is 9.59 Å². The molecule has 2 rings (SSSR count). The Balaban J connectivity index is 2.05. The van der Waals surface area contributed by atoms with Crippen LogP contribution in [0.3, 0.4) is 0 Å². The summed E-state index contributed by atoms with van der Waals surface area (Å²) in [6, 6.07) is 4.05. The van der Waals surface area contributed by atoms with E-state index in [2.05, 4.69) is 6.07 Å². The number of amides is 2. The fourth-order valence-corrected chi connectivity index (χ4v) is 2.70. The van der Waals surface area contributed by atoms with Gasteiger partial charge in [-0.15, -0.1) is 0 Å². The standard InChI is InChI=1S/C14H15N3O2/c15-7-3-4-10(8-16)9-17-13(18)11-5-1-2-6-12(11)14(17)19/h1-2,10-12H,3-6,9H2/t10-,11-,12-/m1/s1. The van der Waals surface area contributed by atoms with Gasteiger partial charge in [0.2, 0.25) is 11.8 Å². The third kappa shape index (κ3) is 2.51. The number of imide groups is 1. The summed E-state index contributed by atoms with van der Waals surface area (Å²) in [5.74, 6) is -1.24. The first-order chi connectivity index (χ1) is 9.19. The third-order valence-corrected chi connectivity index (χ3v) is 3.79. The molecule has 98 valence electrons. The molecule has 0 aromatic heterocycles. The molecule has 0 N–H and O–H groups in total. The van der Waals surface area contributed by atoms with Crippen molar-refractivity contribution in [2.45, 2.75) is 25.7 Å². The maximum absolute atomic E-state index is 12.2. The lowest BCUT2D eigenvalue weighted by Gasteiger charge is -2.17. The van der Waals surface area contributed by atoms with Gasteiger partial charge in [0.25, 0.3) is 0 Å². The predicted octanol–water partition coefficient (Wildman–Crippen LogP) is 1.38. The van der Waals surface area contributed by atoms with Crippen LogP contribution >= 0.6 is 0 Å². The number of hydrogen-bond donors (Lipinski definition) is 0. The Kier molecular flexibility index (Phi) is 3.97. The highest BCUT2D eigenvalue weighted by molar-refractivity contribution is 6.05. The van der Waals surface area contributed by atoms with Crippen LogP contribution in [0, 0.1) is 40.4 Å². The summed E-state index contributed by atoms with van der Waals surface area (Å²) in [5.41, 5.74) is 0. The molecule has 0 unspecified atom stereocenters. The maximum Gasteiger partial charge on any atom is 0.233 e. The van der Waals surface area contributed by atoms with Crippen molar-refractivity contribution >= 4 is 11.8 Å². The summed E-state index contributed by atoms with van der Waals surface area (Å²) in [5, 5.41) is 17.6. The molecule has 0 radical (unpaired) electrons. The van der Waals surface area contributed by atoms with E-state index in [4.69, 9.17) is 10.5 Å². The lowest BCUT2D eigenvalue weighted by atomic mass is 9.85. The molecule has 2 aliphatic rings. The van der Waals surface area contributed by atoms with Gasteiger partial charge < -0.3 is 0 Å². The molecule has 0 bridgehead atoms. The summed E-state index contributed by atoms with van der Waals surface area (Å²) in [6.07, 6.45) is 5.77. The van der Waals surface area contributed by atoms with Crippen LogP contribution in [0.2, 0.25) is 0 Å². The van der Waals surface area contributed by atoms with E-state index in [9.17, 15) is 9.59 Å². The molecule has 0 aromatic rings. The summed E-state index contributed by atoms with van der Waals surface area (Å²) in [7, 11) is 0. The minimum absolute atomic E-state index is 0.128. The molecule has 0 saturated carbocycles. The first-order valence-electron chi connectivity index (χ1n) is 6.45. The minimum Gasteiger partial charge on any atom is -0.281 e. The van der Waals surface area contributed by atoms with Gasteiger partial charge in [0.15, 0.2) is 0 Å². The van der Waals surface area contributed by atoms with Gasteiger partial charge in [-0.2, -0.15) is 10.5 Å². The summed E-state index contributed by atoms with van der Waals surface area (Å²) < 4.78 is 0. The van der Waals surface area contributed by atoms with E-state index in [1.807, 2.05) is 18.2 Å². The van der Waals surface area contributed by atoms with Crippen LogP contribution in [0.25, 0.3) is 0 Å². The van der Waals surface area contributed by atoms with Crippen molar-refractivity contribution in [1.82, 2.24) is 4.90 Å². The SMILES string of the molecule is N#CCC[C@H](C#N)CN1C(=O)[C@@H]2CC=CC[C@H]2C1=O. The molecule has 0 spiro atoms. The molecule has 1 aliphatic heterocycles. The van der Waals surface area contributed by atoms with Crippen LogP contribution in [0.4, 0.5) is 0 Å². The number of carbonyl (C=O) groups excluding carboxylic acids is 2. The molecule has 1 aliphatic carbocycles. The smallest absolute Gasteiger partial charge is 0.233 e. The van der Waals surface area contributed by atoms with Crippen LogP contribution in [-0.4, -0.2) is 23.3 Å². The van der Waals surface area contributed by atoms with Crippen LogP contribution in [0.15, 0.2) is 12.2 Å². The van der Waals surface area contributed by atoms with Crippen LogP contribution < -0.4 is 0 Å². The second-order valence-corrected chi connectivity index (χ2v) is 4.97. The fourth-order valence-electron chi connectivity index (χ4n) is 2.70. The minimum atomic E-state index is -0.444. The second kappa shape index (κ2) is 5.67. The first kappa shape index (κ1) is 13.3. The Morgan fingerprint density at radius 3 is 2.26 bits per heavy atom. The Morgan fingerprint density at radius 1 is 1.21 bits per heavy atom. The highest BCUT2D eigenvalue weighted by atomic mass is 16.2. The van der Waals surface area contributed by atoms with Gasteiger partial charge in [0, 0.05) is 13.0 Å². The number of rotatable bonds is 4. The van der Waals surface area contributed by atoms with Gasteiger partial charge >= 0.3 is 0 Å². The molecule has 19 heavy (non-hydrogen) atoms. The topological polar surface area (TPSA) is 85.0 Å². The van der Waals surface area contributed by atoms with Gasteiger partial charge in [-0.1, -0.05) is 12.2 Å². The van der Waals surface area contributed by atoms with E-state index < -0.39 is 5.92 Å². The number of fused-ring (bicyclic) bond motifs is 1. The van der Waals surface area contributed by atoms with Gasteiger partial charge in [-0.25, -0.2) is 0 Å². The van der Waals surface area contributed by atoms with Gasteiger partial charge in [-0.05, 0) is 19.3 Å². The van der Waals surface area contributed by atoms with Crippen molar-refractivity contribution in [3.8, 4) is 12.1 Å². The van der Waals surface area contributed by atoms with Gasteiger partial charge in [0.05, 0.1) is 29.9 Å². The second-order valence-electron chi connectivity index (χ2n) is 4.97. The zero-order valence-electron chi connectivity index (χ0n) is 10.6. The molecular weight excluding hydrogens is 242 g/mol. The predicted molar refractivity (Wildman–Crippen MR) is 66.0 cm³/mol. The van der Waals surface area contributed by atoms with Crippen LogP contribution in [0.1, 0.15) is 25.7 Å². The van der Waals surface area contributed by atoms with Crippen LogP contribution in [0.5, 0.6) is 0 Å². The fraction of sp³-hybridized carbons (Fsp3) is 0.571. The Hall–Kier alpha value is -2.14. The number of carbonyl (C=O) groups is 2. The first-order valence-corrected chi connectivity index (χ1v) is 6.45. The van der Waals surface area contributed by atoms with E-state index >= 15 is 0 Å². The lowest BCUT2D eigenvalue weighted by Crippen LogP contribution is -2.35. The van der Waals surface area contributed by atoms with Crippen LogP contribution in [-0.2, 0) is 9.59 Å². The van der Waals surface area contributed by atoms with Crippen molar-refractivity contribution in [1.29, 1.82) is 10.5 Å².